The van der Waals surface area contributed by atoms with Gasteiger partial charge in [-0.2, -0.15) is 0 Å². The summed E-state index contributed by atoms with van der Waals surface area (Å²) >= 11 is 4.85. The molecule has 1 aliphatic heterocycles. The maximum atomic E-state index is 12.5. The Balaban J connectivity index is 2.00. The van der Waals surface area contributed by atoms with Crippen LogP contribution in [0.5, 0.6) is 11.5 Å². The lowest BCUT2D eigenvalue weighted by molar-refractivity contribution is -0.117. The SMILES string of the molecule is COc1cc2c(cc1OC)SN(c1ccc(Br)cc1)C(=O)CC2. The Morgan fingerprint density at radius 1 is 1.04 bits per heavy atom. The van der Waals surface area contributed by atoms with Crippen LogP contribution in [-0.2, 0) is 11.2 Å². The molecule has 0 atom stereocenters. The molecule has 4 nitrogen and oxygen atoms in total. The lowest BCUT2D eigenvalue weighted by Crippen LogP contribution is -2.22. The Labute approximate surface area is 148 Å². The van der Waals surface area contributed by atoms with E-state index in [0.717, 1.165) is 20.6 Å². The van der Waals surface area contributed by atoms with Gasteiger partial charge in [-0.15, -0.1) is 0 Å². The van der Waals surface area contributed by atoms with Gasteiger partial charge in [-0.1, -0.05) is 15.9 Å². The zero-order chi connectivity index (χ0) is 16.4. The van der Waals surface area contributed by atoms with Gasteiger partial charge in [0.1, 0.15) is 0 Å². The summed E-state index contributed by atoms with van der Waals surface area (Å²) in [6.45, 7) is 0. The van der Waals surface area contributed by atoms with E-state index in [9.17, 15) is 4.79 Å². The largest absolute Gasteiger partial charge is 0.493 e. The van der Waals surface area contributed by atoms with Crippen LogP contribution >= 0.6 is 27.9 Å². The standard InChI is InChI=1S/C17H16BrNO3S/c1-21-14-9-11-3-8-17(20)19(13-6-4-12(18)5-7-13)23-16(11)10-15(14)22-2/h4-7,9-10H,3,8H2,1-2H3. The minimum atomic E-state index is 0.0893. The van der Waals surface area contributed by atoms with E-state index in [4.69, 9.17) is 9.47 Å². The minimum absolute atomic E-state index is 0.0893. The Bertz CT molecular complexity index is 733. The molecule has 120 valence electrons. The molecule has 6 heteroatoms. The van der Waals surface area contributed by atoms with E-state index in [0.29, 0.717) is 24.3 Å². The number of carbonyl (C=O) groups is 1. The van der Waals surface area contributed by atoms with Crippen LogP contribution in [0.4, 0.5) is 5.69 Å². The molecule has 23 heavy (non-hydrogen) atoms. The second-order valence-electron chi connectivity index (χ2n) is 5.07. The van der Waals surface area contributed by atoms with E-state index in [1.807, 2.05) is 36.4 Å². The normalized spacial score (nSPS) is 14.2. The van der Waals surface area contributed by atoms with Gasteiger partial charge in [-0.3, -0.25) is 4.79 Å². The predicted octanol–water partition coefficient (Wildman–Crippen LogP) is 4.45. The molecule has 1 aliphatic rings. The Hall–Kier alpha value is -1.66. The van der Waals surface area contributed by atoms with Crippen LogP contribution in [0, 0.1) is 0 Å². The molecule has 1 amide bonds. The summed E-state index contributed by atoms with van der Waals surface area (Å²) in [4.78, 5) is 13.5. The molecule has 0 saturated heterocycles. The van der Waals surface area contributed by atoms with Gasteiger partial charge in [0.15, 0.2) is 11.5 Å². The number of methoxy groups -OCH3 is 2. The number of hydrogen-bond donors (Lipinski definition) is 0. The summed E-state index contributed by atoms with van der Waals surface area (Å²) < 4.78 is 13.5. The molecular weight excluding hydrogens is 378 g/mol. The molecule has 0 unspecified atom stereocenters. The van der Waals surface area contributed by atoms with Crippen molar-refractivity contribution in [2.24, 2.45) is 0 Å². The fourth-order valence-corrected chi connectivity index (χ4v) is 3.77. The molecule has 2 aromatic carbocycles. The van der Waals surface area contributed by atoms with Gasteiger partial charge in [-0.25, -0.2) is 4.31 Å². The van der Waals surface area contributed by atoms with Crippen molar-refractivity contribution in [2.75, 3.05) is 18.5 Å². The van der Waals surface area contributed by atoms with Crippen LogP contribution in [-0.4, -0.2) is 20.1 Å². The zero-order valence-corrected chi connectivity index (χ0v) is 15.2. The number of amides is 1. The quantitative estimate of drug-likeness (QED) is 0.721. The molecule has 0 radical (unpaired) electrons. The number of anilines is 1. The third kappa shape index (κ3) is 3.33. The lowest BCUT2D eigenvalue weighted by Gasteiger charge is -2.20. The smallest absolute Gasteiger partial charge is 0.237 e. The lowest BCUT2D eigenvalue weighted by atomic mass is 10.1. The van der Waals surface area contributed by atoms with Crippen LogP contribution in [0.15, 0.2) is 45.8 Å². The first-order valence-electron chi connectivity index (χ1n) is 7.13. The van der Waals surface area contributed by atoms with Gasteiger partial charge < -0.3 is 9.47 Å². The highest BCUT2D eigenvalue weighted by Crippen LogP contribution is 2.41. The third-order valence-corrected chi connectivity index (χ3v) is 5.35. The summed E-state index contributed by atoms with van der Waals surface area (Å²) in [5.74, 6) is 1.45. The molecule has 0 aromatic heterocycles. The van der Waals surface area contributed by atoms with Gasteiger partial charge in [-0.05, 0) is 60.3 Å². The van der Waals surface area contributed by atoms with E-state index in [2.05, 4.69) is 15.9 Å². The molecule has 3 rings (SSSR count). The number of nitrogens with zero attached hydrogens (tertiary/aromatic N) is 1. The average Bonchev–Trinajstić information content (AvgIpc) is 2.73. The second-order valence-corrected chi connectivity index (χ2v) is 6.97. The predicted molar refractivity (Wildman–Crippen MR) is 95.4 cm³/mol. The maximum Gasteiger partial charge on any atom is 0.237 e. The summed E-state index contributed by atoms with van der Waals surface area (Å²) in [6, 6.07) is 11.6. The Morgan fingerprint density at radius 2 is 1.70 bits per heavy atom. The van der Waals surface area contributed by atoms with Crippen LogP contribution < -0.4 is 13.8 Å². The topological polar surface area (TPSA) is 38.8 Å². The summed E-state index contributed by atoms with van der Waals surface area (Å²) in [7, 11) is 3.23. The first-order valence-corrected chi connectivity index (χ1v) is 8.70. The molecule has 0 aliphatic carbocycles. The van der Waals surface area contributed by atoms with Crippen LogP contribution in [0.3, 0.4) is 0 Å². The zero-order valence-electron chi connectivity index (χ0n) is 12.8. The number of carbonyl (C=O) groups excluding carboxylic acids is 1. The molecule has 1 heterocycles. The average molecular weight is 394 g/mol. The summed E-state index contributed by atoms with van der Waals surface area (Å²) in [5, 5.41) is 0. The third-order valence-electron chi connectivity index (χ3n) is 3.65. The fourth-order valence-electron chi connectivity index (χ4n) is 2.45. The number of benzene rings is 2. The van der Waals surface area contributed by atoms with Crippen molar-refractivity contribution >= 4 is 39.5 Å². The van der Waals surface area contributed by atoms with E-state index < -0.39 is 0 Å². The van der Waals surface area contributed by atoms with Crippen molar-refractivity contribution in [3.05, 3.63) is 46.4 Å². The van der Waals surface area contributed by atoms with Crippen molar-refractivity contribution in [3.8, 4) is 11.5 Å². The first-order chi connectivity index (χ1) is 11.1. The van der Waals surface area contributed by atoms with Crippen molar-refractivity contribution < 1.29 is 14.3 Å². The highest BCUT2D eigenvalue weighted by Gasteiger charge is 2.24. The highest BCUT2D eigenvalue weighted by molar-refractivity contribution is 9.10. The van der Waals surface area contributed by atoms with Crippen LogP contribution in [0.1, 0.15) is 12.0 Å². The second kappa shape index (κ2) is 6.84. The molecular formula is C17H16BrNO3S. The van der Waals surface area contributed by atoms with Crippen molar-refractivity contribution in [1.29, 1.82) is 0 Å². The number of rotatable bonds is 3. The van der Waals surface area contributed by atoms with E-state index in [1.54, 1.807) is 18.5 Å². The van der Waals surface area contributed by atoms with Gasteiger partial charge in [0.25, 0.3) is 0 Å². The molecule has 2 aromatic rings. The van der Waals surface area contributed by atoms with Crippen molar-refractivity contribution in [1.82, 2.24) is 0 Å². The van der Waals surface area contributed by atoms with Gasteiger partial charge in [0, 0.05) is 15.8 Å². The van der Waals surface area contributed by atoms with Gasteiger partial charge in [0.05, 0.1) is 19.9 Å². The van der Waals surface area contributed by atoms with Crippen LogP contribution in [0.25, 0.3) is 0 Å². The highest BCUT2D eigenvalue weighted by atomic mass is 79.9. The summed E-state index contributed by atoms with van der Waals surface area (Å²) in [6.07, 6.45) is 1.15. The number of aryl methyl sites for hydroxylation is 1. The van der Waals surface area contributed by atoms with Crippen LogP contribution in [0.2, 0.25) is 0 Å². The molecule has 0 spiro atoms. The Morgan fingerprint density at radius 3 is 2.35 bits per heavy atom. The number of hydrogen-bond acceptors (Lipinski definition) is 4. The first kappa shape index (κ1) is 16.2. The minimum Gasteiger partial charge on any atom is -0.493 e. The summed E-state index contributed by atoms with van der Waals surface area (Å²) in [5.41, 5.74) is 1.96. The number of ether oxygens (including phenoxy) is 2. The van der Waals surface area contributed by atoms with Crippen molar-refractivity contribution in [3.63, 3.8) is 0 Å². The number of halogens is 1. The molecule has 0 saturated carbocycles. The maximum absolute atomic E-state index is 12.5. The molecule has 0 bridgehead atoms. The van der Waals surface area contributed by atoms with E-state index in [-0.39, 0.29) is 5.91 Å². The molecule has 0 fully saturated rings. The van der Waals surface area contributed by atoms with E-state index in [1.165, 1.54) is 11.9 Å². The Kier molecular flexibility index (Phi) is 4.82. The van der Waals surface area contributed by atoms with Crippen molar-refractivity contribution in [2.45, 2.75) is 17.7 Å². The van der Waals surface area contributed by atoms with Gasteiger partial charge in [0.2, 0.25) is 5.91 Å². The molecule has 0 N–H and O–H groups in total. The fraction of sp³-hybridized carbons (Fsp3) is 0.235. The van der Waals surface area contributed by atoms with Gasteiger partial charge >= 0.3 is 0 Å². The van der Waals surface area contributed by atoms with E-state index >= 15 is 0 Å². The monoisotopic (exact) mass is 393 g/mol. The number of fused-ring (bicyclic) bond motifs is 1.